The molecule has 0 aliphatic rings. The molecular formula is C13H18ClN5. The van der Waals surface area contributed by atoms with Gasteiger partial charge in [0.15, 0.2) is 0 Å². The van der Waals surface area contributed by atoms with E-state index in [9.17, 15) is 0 Å². The summed E-state index contributed by atoms with van der Waals surface area (Å²) < 4.78 is 1.99. The van der Waals surface area contributed by atoms with Crippen molar-refractivity contribution in [3.63, 3.8) is 0 Å². The van der Waals surface area contributed by atoms with Gasteiger partial charge in [0.2, 0.25) is 0 Å². The van der Waals surface area contributed by atoms with E-state index >= 15 is 0 Å². The zero-order chi connectivity index (χ0) is 14.0. The van der Waals surface area contributed by atoms with Crippen molar-refractivity contribution in [2.75, 3.05) is 11.9 Å². The van der Waals surface area contributed by atoms with Crippen LogP contribution in [0.25, 0.3) is 0 Å². The number of aromatic nitrogens is 4. The molecular weight excluding hydrogens is 262 g/mol. The highest BCUT2D eigenvalue weighted by atomic mass is 35.5. The molecule has 0 N–H and O–H groups in total. The molecule has 0 unspecified atom stereocenters. The second kappa shape index (κ2) is 5.57. The normalized spacial score (nSPS) is 11.1. The van der Waals surface area contributed by atoms with Gasteiger partial charge in [-0.05, 0) is 0 Å². The average Bonchev–Trinajstić information content (AvgIpc) is 2.74. The first-order valence-electron chi connectivity index (χ1n) is 6.19. The minimum atomic E-state index is 0.249. The molecule has 0 bridgehead atoms. The maximum atomic E-state index is 6.05. The van der Waals surface area contributed by atoms with Crippen LogP contribution in [-0.2, 0) is 13.6 Å². The lowest BCUT2D eigenvalue weighted by Gasteiger charge is -2.19. The molecule has 0 spiro atoms. The first-order chi connectivity index (χ1) is 8.97. The van der Waals surface area contributed by atoms with E-state index in [2.05, 4.69) is 15.0 Å². The van der Waals surface area contributed by atoms with E-state index in [1.165, 1.54) is 0 Å². The van der Waals surface area contributed by atoms with E-state index in [0.717, 1.165) is 17.5 Å². The number of rotatable bonds is 4. The Labute approximate surface area is 118 Å². The molecule has 0 radical (unpaired) electrons. The number of hydrogen-bond donors (Lipinski definition) is 0. The second-order valence-electron chi connectivity index (χ2n) is 4.87. The molecule has 6 heteroatoms. The molecule has 0 amide bonds. The fourth-order valence-corrected chi connectivity index (χ4v) is 1.90. The third kappa shape index (κ3) is 3.23. The molecule has 0 aliphatic carbocycles. The monoisotopic (exact) mass is 279 g/mol. The number of aryl methyl sites for hydroxylation is 1. The van der Waals surface area contributed by atoms with Crippen LogP contribution >= 0.6 is 11.6 Å². The van der Waals surface area contributed by atoms with Crippen LogP contribution < -0.4 is 4.90 Å². The molecule has 2 aromatic heterocycles. The van der Waals surface area contributed by atoms with Crippen LogP contribution in [0.15, 0.2) is 18.5 Å². The molecule has 5 nitrogen and oxygen atoms in total. The first kappa shape index (κ1) is 13.8. The quantitative estimate of drug-likeness (QED) is 0.807. The van der Waals surface area contributed by atoms with E-state index in [0.29, 0.717) is 11.7 Å². The molecule has 0 saturated heterocycles. The molecule has 102 valence electrons. The summed E-state index contributed by atoms with van der Waals surface area (Å²) in [5.74, 6) is 2.79. The van der Waals surface area contributed by atoms with Gasteiger partial charge in [0.05, 0.1) is 6.54 Å². The molecule has 19 heavy (non-hydrogen) atoms. The standard InChI is InChI=1S/C13H18ClN5/c1-9(2)13-16-10(14)7-11(17-13)19(4)8-12-15-5-6-18(12)3/h5-7,9H,8H2,1-4H3. The minimum Gasteiger partial charge on any atom is -0.352 e. The third-order valence-corrected chi connectivity index (χ3v) is 3.10. The summed E-state index contributed by atoms with van der Waals surface area (Å²) in [4.78, 5) is 15.1. The summed E-state index contributed by atoms with van der Waals surface area (Å²) in [6.07, 6.45) is 3.71. The molecule has 0 fully saturated rings. The fourth-order valence-electron chi connectivity index (χ4n) is 1.72. The number of hydrogen-bond acceptors (Lipinski definition) is 4. The van der Waals surface area contributed by atoms with Crippen LogP contribution in [0.1, 0.15) is 31.4 Å². The number of halogens is 1. The van der Waals surface area contributed by atoms with Crippen molar-refractivity contribution in [3.05, 3.63) is 35.3 Å². The predicted octanol–water partition coefficient (Wildman–Crippen LogP) is 2.62. The van der Waals surface area contributed by atoms with Crippen molar-refractivity contribution in [1.82, 2.24) is 19.5 Å². The highest BCUT2D eigenvalue weighted by Gasteiger charge is 2.11. The highest BCUT2D eigenvalue weighted by molar-refractivity contribution is 6.29. The van der Waals surface area contributed by atoms with E-state index < -0.39 is 0 Å². The Kier molecular flexibility index (Phi) is 4.04. The lowest BCUT2D eigenvalue weighted by Crippen LogP contribution is -2.21. The van der Waals surface area contributed by atoms with Gasteiger partial charge in [-0.1, -0.05) is 25.4 Å². The Hall–Kier alpha value is -1.62. The number of anilines is 1. The number of imidazole rings is 1. The van der Waals surface area contributed by atoms with Crippen molar-refractivity contribution in [2.24, 2.45) is 7.05 Å². The SMILES string of the molecule is CC(C)c1nc(Cl)cc(N(C)Cc2nccn2C)n1. The van der Waals surface area contributed by atoms with Gasteiger partial charge in [0.25, 0.3) is 0 Å². The Morgan fingerprint density at radius 3 is 2.68 bits per heavy atom. The average molecular weight is 280 g/mol. The van der Waals surface area contributed by atoms with Crippen LogP contribution in [0.2, 0.25) is 5.15 Å². The Morgan fingerprint density at radius 1 is 1.37 bits per heavy atom. The van der Waals surface area contributed by atoms with E-state index in [4.69, 9.17) is 11.6 Å². The molecule has 2 rings (SSSR count). The zero-order valence-corrected chi connectivity index (χ0v) is 12.4. The van der Waals surface area contributed by atoms with Gasteiger partial charge in [-0.15, -0.1) is 0 Å². The van der Waals surface area contributed by atoms with Crippen molar-refractivity contribution in [1.29, 1.82) is 0 Å². The molecule has 0 saturated carbocycles. The maximum absolute atomic E-state index is 6.05. The molecule has 0 aliphatic heterocycles. The zero-order valence-electron chi connectivity index (χ0n) is 11.6. The van der Waals surface area contributed by atoms with Gasteiger partial charge in [0.1, 0.15) is 22.6 Å². The Bertz CT molecular complexity index is 564. The second-order valence-corrected chi connectivity index (χ2v) is 5.26. The highest BCUT2D eigenvalue weighted by Crippen LogP contribution is 2.20. The Balaban J connectivity index is 2.23. The topological polar surface area (TPSA) is 46.8 Å². The van der Waals surface area contributed by atoms with E-state index in [1.54, 1.807) is 12.3 Å². The van der Waals surface area contributed by atoms with E-state index in [1.807, 2.05) is 43.6 Å². The minimum absolute atomic E-state index is 0.249. The predicted molar refractivity (Wildman–Crippen MR) is 76.4 cm³/mol. The van der Waals surface area contributed by atoms with E-state index in [-0.39, 0.29) is 5.92 Å². The molecule has 2 aromatic rings. The smallest absolute Gasteiger partial charge is 0.135 e. The molecule has 0 aromatic carbocycles. The van der Waals surface area contributed by atoms with Crippen LogP contribution in [-0.4, -0.2) is 26.6 Å². The van der Waals surface area contributed by atoms with Gasteiger partial charge in [-0.25, -0.2) is 15.0 Å². The van der Waals surface area contributed by atoms with Crippen LogP contribution in [0.4, 0.5) is 5.82 Å². The molecule has 0 atom stereocenters. The largest absolute Gasteiger partial charge is 0.352 e. The van der Waals surface area contributed by atoms with Gasteiger partial charge in [-0.3, -0.25) is 0 Å². The van der Waals surface area contributed by atoms with Crippen LogP contribution in [0.3, 0.4) is 0 Å². The van der Waals surface area contributed by atoms with Crippen molar-refractivity contribution in [2.45, 2.75) is 26.3 Å². The van der Waals surface area contributed by atoms with Crippen LogP contribution in [0.5, 0.6) is 0 Å². The van der Waals surface area contributed by atoms with Gasteiger partial charge in [0, 0.05) is 38.5 Å². The van der Waals surface area contributed by atoms with Crippen molar-refractivity contribution >= 4 is 17.4 Å². The van der Waals surface area contributed by atoms with Crippen LogP contribution in [0, 0.1) is 0 Å². The van der Waals surface area contributed by atoms with Crippen molar-refractivity contribution in [3.8, 4) is 0 Å². The lowest BCUT2D eigenvalue weighted by molar-refractivity contribution is 0.734. The van der Waals surface area contributed by atoms with Gasteiger partial charge in [-0.2, -0.15) is 0 Å². The summed E-state index contributed by atoms with van der Waals surface area (Å²) in [7, 11) is 3.94. The molecule has 2 heterocycles. The lowest BCUT2D eigenvalue weighted by atomic mass is 10.2. The Morgan fingerprint density at radius 2 is 2.11 bits per heavy atom. The third-order valence-electron chi connectivity index (χ3n) is 2.91. The maximum Gasteiger partial charge on any atom is 0.135 e. The summed E-state index contributed by atoms with van der Waals surface area (Å²) in [6, 6.07) is 1.77. The number of nitrogens with zero attached hydrogens (tertiary/aromatic N) is 5. The van der Waals surface area contributed by atoms with Gasteiger partial charge >= 0.3 is 0 Å². The van der Waals surface area contributed by atoms with Gasteiger partial charge < -0.3 is 9.47 Å². The summed E-state index contributed by atoms with van der Waals surface area (Å²) >= 11 is 6.05. The summed E-state index contributed by atoms with van der Waals surface area (Å²) in [5, 5.41) is 0.473. The summed E-state index contributed by atoms with van der Waals surface area (Å²) in [6.45, 7) is 4.77. The fraction of sp³-hybridized carbons (Fsp3) is 0.462. The first-order valence-corrected chi connectivity index (χ1v) is 6.57. The summed E-state index contributed by atoms with van der Waals surface area (Å²) in [5.41, 5.74) is 0. The van der Waals surface area contributed by atoms with Crippen molar-refractivity contribution < 1.29 is 0 Å².